The highest BCUT2D eigenvalue weighted by Crippen LogP contribution is 2.28. The minimum Gasteiger partial charge on any atom is -0.497 e. The maximum absolute atomic E-state index is 12.6. The number of hydrogen-bond donors (Lipinski definition) is 2. The van der Waals surface area contributed by atoms with Crippen LogP contribution in [0, 0.1) is 11.8 Å². The van der Waals surface area contributed by atoms with Crippen molar-refractivity contribution in [3.8, 4) is 5.75 Å². The number of anilines is 1. The molecule has 1 saturated heterocycles. The van der Waals surface area contributed by atoms with Gasteiger partial charge in [0.05, 0.1) is 13.0 Å². The van der Waals surface area contributed by atoms with Gasteiger partial charge in [0, 0.05) is 24.7 Å². The zero-order valence-corrected chi connectivity index (χ0v) is 14.7. The van der Waals surface area contributed by atoms with Crippen molar-refractivity contribution in [2.24, 2.45) is 17.6 Å². The number of rotatable bonds is 5. The lowest BCUT2D eigenvalue weighted by molar-refractivity contribution is -0.127. The number of carbonyl (C=O) groups is 2. The van der Waals surface area contributed by atoms with E-state index in [0.717, 1.165) is 30.7 Å². The Morgan fingerprint density at radius 1 is 1.28 bits per heavy atom. The third-order valence-corrected chi connectivity index (χ3v) is 5.42. The SMILES string of the molecule is COc1ccc(N2CC(C(=O)NC3CCCCC3CN)CC2=O)cc1. The molecule has 1 saturated carbocycles. The predicted octanol–water partition coefficient (Wildman–Crippen LogP) is 1.68. The Kier molecular flexibility index (Phi) is 5.58. The molecule has 0 spiro atoms. The fraction of sp³-hybridized carbons (Fsp3) is 0.579. The van der Waals surface area contributed by atoms with E-state index in [2.05, 4.69) is 5.32 Å². The Morgan fingerprint density at radius 3 is 2.68 bits per heavy atom. The second-order valence-corrected chi connectivity index (χ2v) is 7.00. The Labute approximate surface area is 148 Å². The minimum atomic E-state index is -0.296. The van der Waals surface area contributed by atoms with Gasteiger partial charge < -0.3 is 20.7 Å². The molecule has 0 aromatic heterocycles. The zero-order chi connectivity index (χ0) is 17.8. The van der Waals surface area contributed by atoms with Crippen LogP contribution in [0.5, 0.6) is 5.75 Å². The Bertz CT molecular complexity index is 617. The van der Waals surface area contributed by atoms with Gasteiger partial charge in [-0.05, 0) is 49.6 Å². The van der Waals surface area contributed by atoms with Crippen molar-refractivity contribution in [1.29, 1.82) is 0 Å². The third kappa shape index (κ3) is 3.95. The first kappa shape index (κ1) is 17.7. The first-order chi connectivity index (χ1) is 12.1. The number of nitrogens with one attached hydrogen (secondary N) is 1. The van der Waals surface area contributed by atoms with Gasteiger partial charge >= 0.3 is 0 Å². The molecule has 2 fully saturated rings. The Balaban J connectivity index is 1.62. The fourth-order valence-electron chi connectivity index (χ4n) is 3.88. The second kappa shape index (κ2) is 7.87. The van der Waals surface area contributed by atoms with Gasteiger partial charge in [0.15, 0.2) is 0 Å². The summed E-state index contributed by atoms with van der Waals surface area (Å²) in [6, 6.07) is 7.50. The van der Waals surface area contributed by atoms with Crippen molar-refractivity contribution < 1.29 is 14.3 Å². The van der Waals surface area contributed by atoms with Crippen molar-refractivity contribution in [2.45, 2.75) is 38.1 Å². The number of methoxy groups -OCH3 is 1. The van der Waals surface area contributed by atoms with E-state index in [0.29, 0.717) is 19.0 Å². The van der Waals surface area contributed by atoms with E-state index in [4.69, 9.17) is 10.5 Å². The number of hydrogen-bond acceptors (Lipinski definition) is 4. The quantitative estimate of drug-likeness (QED) is 0.850. The summed E-state index contributed by atoms with van der Waals surface area (Å²) in [5.74, 6) is 0.774. The molecule has 25 heavy (non-hydrogen) atoms. The van der Waals surface area contributed by atoms with Crippen LogP contribution in [0.2, 0.25) is 0 Å². The number of amides is 2. The second-order valence-electron chi connectivity index (χ2n) is 7.00. The molecule has 2 aliphatic rings. The van der Waals surface area contributed by atoms with Gasteiger partial charge in [0.2, 0.25) is 11.8 Å². The summed E-state index contributed by atoms with van der Waals surface area (Å²) in [6.45, 7) is 1.03. The van der Waals surface area contributed by atoms with E-state index >= 15 is 0 Å². The van der Waals surface area contributed by atoms with E-state index in [1.807, 2.05) is 24.3 Å². The summed E-state index contributed by atoms with van der Waals surface area (Å²) < 4.78 is 5.15. The highest BCUT2D eigenvalue weighted by Gasteiger charge is 2.36. The van der Waals surface area contributed by atoms with Gasteiger partial charge in [0.1, 0.15) is 5.75 Å². The van der Waals surface area contributed by atoms with Crippen molar-refractivity contribution >= 4 is 17.5 Å². The molecular weight excluding hydrogens is 318 g/mol. The van der Waals surface area contributed by atoms with Gasteiger partial charge in [-0.15, -0.1) is 0 Å². The zero-order valence-electron chi connectivity index (χ0n) is 14.7. The van der Waals surface area contributed by atoms with Gasteiger partial charge in [-0.3, -0.25) is 9.59 Å². The molecule has 2 amide bonds. The van der Waals surface area contributed by atoms with E-state index < -0.39 is 0 Å². The molecule has 1 aromatic carbocycles. The van der Waals surface area contributed by atoms with E-state index in [1.165, 1.54) is 6.42 Å². The molecule has 1 aromatic rings. The highest BCUT2D eigenvalue weighted by molar-refractivity contribution is 6.00. The summed E-state index contributed by atoms with van der Waals surface area (Å²) in [6.07, 6.45) is 4.63. The normalized spacial score (nSPS) is 26.6. The van der Waals surface area contributed by atoms with Crippen LogP contribution in [-0.4, -0.2) is 38.1 Å². The smallest absolute Gasteiger partial charge is 0.227 e. The summed E-state index contributed by atoms with van der Waals surface area (Å²) in [7, 11) is 1.61. The third-order valence-electron chi connectivity index (χ3n) is 5.42. The molecule has 1 heterocycles. The van der Waals surface area contributed by atoms with Gasteiger partial charge in [-0.25, -0.2) is 0 Å². The largest absolute Gasteiger partial charge is 0.497 e. The average Bonchev–Trinajstić information content (AvgIpc) is 3.04. The topological polar surface area (TPSA) is 84.7 Å². The molecule has 136 valence electrons. The first-order valence-electron chi connectivity index (χ1n) is 9.07. The lowest BCUT2D eigenvalue weighted by Crippen LogP contribution is -2.47. The molecule has 0 radical (unpaired) electrons. The van der Waals surface area contributed by atoms with Crippen LogP contribution in [0.3, 0.4) is 0 Å². The van der Waals surface area contributed by atoms with Crippen LogP contribution in [-0.2, 0) is 9.59 Å². The molecule has 3 atom stereocenters. The average molecular weight is 345 g/mol. The van der Waals surface area contributed by atoms with Gasteiger partial charge in [0.25, 0.3) is 0 Å². The van der Waals surface area contributed by atoms with Gasteiger partial charge in [-0.2, -0.15) is 0 Å². The lowest BCUT2D eigenvalue weighted by Gasteiger charge is -2.32. The Hall–Kier alpha value is -2.08. The molecular formula is C19H27N3O3. The van der Waals surface area contributed by atoms with Crippen LogP contribution in [0.4, 0.5) is 5.69 Å². The minimum absolute atomic E-state index is 0.00987. The fourth-order valence-corrected chi connectivity index (χ4v) is 3.88. The summed E-state index contributed by atoms with van der Waals surface area (Å²) in [5, 5.41) is 3.15. The molecule has 0 bridgehead atoms. The van der Waals surface area contributed by atoms with Crippen molar-refractivity contribution in [1.82, 2.24) is 5.32 Å². The standard InChI is InChI=1S/C19H27N3O3/c1-25-16-8-6-15(7-9-16)22-12-14(10-18(22)23)19(24)21-17-5-3-2-4-13(17)11-20/h6-9,13-14,17H,2-5,10-12,20H2,1H3,(H,21,24). The molecule has 3 unspecified atom stereocenters. The monoisotopic (exact) mass is 345 g/mol. The summed E-state index contributed by atoms with van der Waals surface area (Å²) >= 11 is 0. The van der Waals surface area contributed by atoms with Gasteiger partial charge in [-0.1, -0.05) is 12.8 Å². The number of benzene rings is 1. The van der Waals surface area contributed by atoms with E-state index in [1.54, 1.807) is 12.0 Å². The maximum atomic E-state index is 12.6. The summed E-state index contributed by atoms with van der Waals surface area (Å²) in [4.78, 5) is 26.7. The van der Waals surface area contributed by atoms with Crippen molar-refractivity contribution in [2.75, 3.05) is 25.1 Å². The molecule has 1 aliphatic heterocycles. The summed E-state index contributed by atoms with van der Waals surface area (Å²) in [5.41, 5.74) is 6.65. The number of nitrogens with two attached hydrogens (primary N) is 1. The Morgan fingerprint density at radius 2 is 2.00 bits per heavy atom. The number of carbonyl (C=O) groups excluding carboxylic acids is 2. The number of nitrogens with zero attached hydrogens (tertiary/aromatic N) is 1. The highest BCUT2D eigenvalue weighted by atomic mass is 16.5. The molecule has 3 rings (SSSR count). The van der Waals surface area contributed by atoms with Crippen LogP contribution < -0.4 is 20.7 Å². The first-order valence-corrected chi connectivity index (χ1v) is 9.07. The number of ether oxygens (including phenoxy) is 1. The lowest BCUT2D eigenvalue weighted by atomic mass is 9.84. The predicted molar refractivity (Wildman–Crippen MR) is 96.4 cm³/mol. The van der Waals surface area contributed by atoms with Crippen LogP contribution in [0.1, 0.15) is 32.1 Å². The maximum Gasteiger partial charge on any atom is 0.227 e. The molecule has 1 aliphatic carbocycles. The molecule has 3 N–H and O–H groups in total. The van der Waals surface area contributed by atoms with E-state index in [-0.39, 0.29) is 30.2 Å². The van der Waals surface area contributed by atoms with Crippen molar-refractivity contribution in [3.05, 3.63) is 24.3 Å². The van der Waals surface area contributed by atoms with E-state index in [9.17, 15) is 9.59 Å². The van der Waals surface area contributed by atoms with Crippen LogP contribution in [0.25, 0.3) is 0 Å². The van der Waals surface area contributed by atoms with Crippen molar-refractivity contribution in [3.63, 3.8) is 0 Å². The molecule has 6 nitrogen and oxygen atoms in total. The van der Waals surface area contributed by atoms with Crippen LogP contribution >= 0.6 is 0 Å². The molecule has 6 heteroatoms. The van der Waals surface area contributed by atoms with Crippen LogP contribution in [0.15, 0.2) is 24.3 Å².